The van der Waals surface area contributed by atoms with Crippen LogP contribution in [0.4, 0.5) is 0 Å². The summed E-state index contributed by atoms with van der Waals surface area (Å²) in [5.74, 6) is 1.56. The van der Waals surface area contributed by atoms with Crippen LogP contribution < -0.4 is 0 Å². The van der Waals surface area contributed by atoms with Crippen molar-refractivity contribution in [1.29, 1.82) is 0 Å². The third-order valence-electron chi connectivity index (χ3n) is 11.8. The zero-order chi connectivity index (χ0) is 37.5. The van der Waals surface area contributed by atoms with Crippen LogP contribution in [0.3, 0.4) is 0 Å². The van der Waals surface area contributed by atoms with Crippen molar-refractivity contribution in [2.45, 2.75) is 6.42 Å². The normalized spacial score (nSPS) is 12.1. The molecule has 8 aromatic carbocycles. The minimum Gasteiger partial charge on any atom is -0.309 e. The number of nitrogens with zero attached hydrogens (tertiary/aromatic N) is 4. The van der Waals surface area contributed by atoms with Gasteiger partial charge in [0.25, 0.3) is 0 Å². The molecule has 0 saturated carbocycles. The van der Waals surface area contributed by atoms with Gasteiger partial charge in [-0.15, -0.1) is 0 Å². The van der Waals surface area contributed by atoms with E-state index in [1.807, 2.05) is 18.2 Å². The topological polar surface area (TPSA) is 35.1 Å². The van der Waals surface area contributed by atoms with E-state index in [9.17, 15) is 0 Å². The molecule has 0 saturated heterocycles. The van der Waals surface area contributed by atoms with Crippen LogP contribution in [0.15, 0.2) is 194 Å². The zero-order valence-corrected chi connectivity index (χ0v) is 31.0. The highest BCUT2D eigenvalue weighted by molar-refractivity contribution is 6.11. The Morgan fingerprint density at radius 2 is 1.00 bits per heavy atom. The quantitative estimate of drug-likeness (QED) is 0.177. The summed E-state index contributed by atoms with van der Waals surface area (Å²) in [6.45, 7) is 0. The van der Waals surface area contributed by atoms with Gasteiger partial charge < -0.3 is 4.57 Å². The average molecular weight is 727 g/mol. The van der Waals surface area contributed by atoms with Crippen molar-refractivity contribution in [3.05, 3.63) is 205 Å². The first-order valence-electron chi connectivity index (χ1n) is 19.5. The maximum atomic E-state index is 5.33. The van der Waals surface area contributed by atoms with Gasteiger partial charge in [0.2, 0.25) is 0 Å². The summed E-state index contributed by atoms with van der Waals surface area (Å²) in [4.78, 5) is 10.6. The van der Waals surface area contributed by atoms with E-state index in [2.05, 4.69) is 185 Å². The lowest BCUT2D eigenvalue weighted by Crippen LogP contribution is -2.03. The molecule has 57 heavy (non-hydrogen) atoms. The highest BCUT2D eigenvalue weighted by atomic mass is 15.1. The SMILES string of the molecule is c1ccc(-c2nc(-c3ccc(-n4c5ccccc5c5cc(-c6ccc7c(c6)-c6ccccc6C7)ccc54)cc3)n3c(-c4ccccc4)c4ccccc4c3n2)cc1. The van der Waals surface area contributed by atoms with Crippen LogP contribution in [-0.4, -0.2) is 18.9 Å². The molecule has 3 aromatic heterocycles. The largest absolute Gasteiger partial charge is 0.309 e. The second kappa shape index (κ2) is 12.5. The predicted molar refractivity (Wildman–Crippen MR) is 235 cm³/mol. The van der Waals surface area contributed by atoms with Crippen LogP contribution in [0.25, 0.3) is 100 Å². The van der Waals surface area contributed by atoms with Crippen LogP contribution >= 0.6 is 0 Å². The number of benzene rings is 8. The molecule has 3 heterocycles. The maximum absolute atomic E-state index is 5.33. The van der Waals surface area contributed by atoms with Gasteiger partial charge in [-0.3, -0.25) is 4.40 Å². The van der Waals surface area contributed by atoms with E-state index in [0.717, 1.165) is 56.7 Å². The molecule has 266 valence electrons. The van der Waals surface area contributed by atoms with Crippen LogP contribution in [0, 0.1) is 0 Å². The molecule has 0 spiro atoms. The van der Waals surface area contributed by atoms with E-state index in [4.69, 9.17) is 9.97 Å². The number of rotatable bonds is 5. The molecule has 4 nitrogen and oxygen atoms in total. The fraction of sp³-hybridized carbons (Fsp3) is 0.0189. The number of hydrogen-bond acceptors (Lipinski definition) is 2. The Balaban J connectivity index is 1.02. The summed E-state index contributed by atoms with van der Waals surface area (Å²) in [5, 5.41) is 4.73. The van der Waals surface area contributed by atoms with E-state index in [1.54, 1.807) is 0 Å². The third kappa shape index (κ3) is 4.94. The molecule has 0 unspecified atom stereocenters. The van der Waals surface area contributed by atoms with Crippen molar-refractivity contribution in [1.82, 2.24) is 18.9 Å². The molecule has 1 aliphatic carbocycles. The number of aromatic nitrogens is 4. The second-order valence-corrected chi connectivity index (χ2v) is 15.0. The Kier molecular flexibility index (Phi) is 6.96. The zero-order valence-electron chi connectivity index (χ0n) is 31.0. The van der Waals surface area contributed by atoms with E-state index >= 15 is 0 Å². The summed E-state index contributed by atoms with van der Waals surface area (Å²) in [5.41, 5.74) is 16.6. The highest BCUT2D eigenvalue weighted by Crippen LogP contribution is 2.42. The minimum absolute atomic E-state index is 0.704. The smallest absolute Gasteiger partial charge is 0.163 e. The van der Waals surface area contributed by atoms with Crippen LogP contribution in [-0.2, 0) is 6.42 Å². The molecule has 11 aromatic rings. The minimum atomic E-state index is 0.704. The lowest BCUT2D eigenvalue weighted by molar-refractivity contribution is 1.05. The van der Waals surface area contributed by atoms with Crippen molar-refractivity contribution in [2.75, 3.05) is 0 Å². The summed E-state index contributed by atoms with van der Waals surface area (Å²) in [6, 6.07) is 69.8. The second-order valence-electron chi connectivity index (χ2n) is 15.0. The standard InChI is InChI=1S/C53H34N4/c1-3-13-34(14-4-1)50-44-20-9-10-21-45(44)53-55-51(35-15-5-2-6-16-35)54-52(57(50)53)36-25-28-41(29-26-36)56-48-22-12-11-19-43(48)47-33-38(27-30-49(47)56)37-23-24-40-31-39-17-7-8-18-42(39)46(40)32-37/h1-30,32-33H,31H2. The van der Waals surface area contributed by atoms with Gasteiger partial charge in [-0.05, 0) is 93.9 Å². The molecular formula is C53H34N4. The molecule has 0 radical (unpaired) electrons. The molecule has 0 bridgehead atoms. The Hall–Kier alpha value is -7.56. The van der Waals surface area contributed by atoms with E-state index in [0.29, 0.717) is 5.82 Å². The molecule has 0 amide bonds. The molecule has 4 heteroatoms. The fourth-order valence-electron chi connectivity index (χ4n) is 9.11. The number of hydrogen-bond donors (Lipinski definition) is 0. The molecule has 0 aliphatic heterocycles. The van der Waals surface area contributed by atoms with Crippen molar-refractivity contribution < 1.29 is 0 Å². The van der Waals surface area contributed by atoms with E-state index in [-0.39, 0.29) is 0 Å². The Morgan fingerprint density at radius 3 is 1.82 bits per heavy atom. The molecule has 0 N–H and O–H groups in total. The lowest BCUT2D eigenvalue weighted by Gasteiger charge is -2.13. The van der Waals surface area contributed by atoms with E-state index < -0.39 is 0 Å². The van der Waals surface area contributed by atoms with Gasteiger partial charge >= 0.3 is 0 Å². The van der Waals surface area contributed by atoms with Gasteiger partial charge in [0.05, 0.1) is 16.7 Å². The monoisotopic (exact) mass is 726 g/mol. The first-order chi connectivity index (χ1) is 28.3. The fourth-order valence-corrected chi connectivity index (χ4v) is 9.11. The van der Waals surface area contributed by atoms with Crippen molar-refractivity contribution in [3.8, 4) is 62.0 Å². The Bertz CT molecular complexity index is 3360. The van der Waals surface area contributed by atoms with Gasteiger partial charge in [0.15, 0.2) is 5.82 Å². The number of fused-ring (bicyclic) bond motifs is 9. The summed E-state index contributed by atoms with van der Waals surface area (Å²) >= 11 is 0. The molecule has 0 atom stereocenters. The van der Waals surface area contributed by atoms with Gasteiger partial charge in [0, 0.05) is 38.4 Å². The highest BCUT2D eigenvalue weighted by Gasteiger charge is 2.22. The van der Waals surface area contributed by atoms with Crippen LogP contribution in [0.5, 0.6) is 0 Å². The first-order valence-corrected chi connectivity index (χ1v) is 19.5. The Labute approximate surface area is 329 Å². The molecular weight excluding hydrogens is 693 g/mol. The summed E-state index contributed by atoms with van der Waals surface area (Å²) < 4.78 is 4.64. The summed E-state index contributed by atoms with van der Waals surface area (Å²) in [7, 11) is 0. The van der Waals surface area contributed by atoms with Crippen molar-refractivity contribution >= 4 is 38.2 Å². The van der Waals surface area contributed by atoms with Crippen molar-refractivity contribution in [3.63, 3.8) is 0 Å². The third-order valence-corrected chi connectivity index (χ3v) is 11.8. The van der Waals surface area contributed by atoms with Gasteiger partial charge in [-0.1, -0.05) is 146 Å². The first kappa shape index (κ1) is 31.8. The van der Waals surface area contributed by atoms with Gasteiger partial charge in [0.1, 0.15) is 11.5 Å². The molecule has 12 rings (SSSR count). The predicted octanol–water partition coefficient (Wildman–Crippen LogP) is 13.2. The van der Waals surface area contributed by atoms with Gasteiger partial charge in [-0.25, -0.2) is 9.97 Å². The average Bonchev–Trinajstić information content (AvgIpc) is 3.94. The lowest BCUT2D eigenvalue weighted by atomic mass is 9.97. The van der Waals surface area contributed by atoms with Crippen LogP contribution in [0.1, 0.15) is 11.1 Å². The Morgan fingerprint density at radius 1 is 0.386 bits per heavy atom. The maximum Gasteiger partial charge on any atom is 0.163 e. The van der Waals surface area contributed by atoms with Gasteiger partial charge in [-0.2, -0.15) is 0 Å². The van der Waals surface area contributed by atoms with Crippen LogP contribution in [0.2, 0.25) is 0 Å². The number of para-hydroxylation sites is 1. The summed E-state index contributed by atoms with van der Waals surface area (Å²) in [6.07, 6.45) is 1.00. The molecule has 0 fully saturated rings. The molecule has 1 aliphatic rings. The van der Waals surface area contributed by atoms with E-state index in [1.165, 1.54) is 55.2 Å². The van der Waals surface area contributed by atoms with Crippen molar-refractivity contribution in [2.24, 2.45) is 0 Å².